The highest BCUT2D eigenvalue weighted by Gasteiger charge is 2.21. The Morgan fingerprint density at radius 3 is 2.70 bits per heavy atom. The maximum Gasteiger partial charge on any atom is 0.0518 e. The number of hydrogen-bond donors (Lipinski definition) is 1. The topological polar surface area (TPSA) is 41.6 Å². The Morgan fingerprint density at radius 2 is 2.30 bits per heavy atom. The van der Waals surface area contributed by atoms with Crippen molar-refractivity contribution in [3.8, 4) is 0 Å². The highest BCUT2D eigenvalue weighted by Crippen LogP contribution is 2.14. The molecule has 2 N–H and O–H groups in total. The molecule has 2 atom stereocenters. The molecule has 0 aromatic heterocycles. The second-order valence-electron chi connectivity index (χ2n) is 2.82. The molecule has 0 bridgehead atoms. The first-order valence-electron chi connectivity index (χ1n) is 3.76. The highest BCUT2D eigenvalue weighted by atomic mass is 15.5. The summed E-state index contributed by atoms with van der Waals surface area (Å²) < 4.78 is 0. The van der Waals surface area contributed by atoms with Crippen LogP contribution in [0, 0.1) is 5.92 Å². The molecule has 3 heteroatoms. The van der Waals surface area contributed by atoms with Crippen LogP contribution in [-0.4, -0.2) is 30.4 Å². The molecule has 0 aliphatic carbocycles. The molecule has 1 rings (SSSR count). The van der Waals surface area contributed by atoms with Gasteiger partial charge in [0.05, 0.1) is 6.04 Å². The number of rotatable bonds is 2. The van der Waals surface area contributed by atoms with E-state index in [9.17, 15) is 0 Å². The molecule has 0 radical (unpaired) electrons. The Hall–Kier alpha value is -0.570. The average molecular weight is 141 g/mol. The van der Waals surface area contributed by atoms with Gasteiger partial charge in [-0.25, -0.2) is 0 Å². The van der Waals surface area contributed by atoms with Gasteiger partial charge in [0.2, 0.25) is 0 Å². The first-order valence-corrected chi connectivity index (χ1v) is 3.76. The molecule has 58 valence electrons. The van der Waals surface area contributed by atoms with Crippen molar-refractivity contribution in [1.82, 2.24) is 5.01 Å². The predicted octanol–water partition coefficient (Wildman–Crippen LogP) is 0.271. The van der Waals surface area contributed by atoms with Gasteiger partial charge in [0.15, 0.2) is 0 Å². The SMILES string of the molecule is CC1[C@@H](C)C=NN1CCN. The van der Waals surface area contributed by atoms with Crippen LogP contribution in [0.25, 0.3) is 0 Å². The fourth-order valence-electron chi connectivity index (χ4n) is 1.09. The number of nitrogens with two attached hydrogens (primary N) is 1. The fourth-order valence-corrected chi connectivity index (χ4v) is 1.09. The fraction of sp³-hybridized carbons (Fsp3) is 0.857. The third-order valence-corrected chi connectivity index (χ3v) is 2.04. The molecule has 1 heterocycles. The number of hydrogen-bond acceptors (Lipinski definition) is 3. The summed E-state index contributed by atoms with van der Waals surface area (Å²) in [5.41, 5.74) is 5.40. The first-order chi connectivity index (χ1) is 4.75. The van der Waals surface area contributed by atoms with Crippen molar-refractivity contribution in [3.63, 3.8) is 0 Å². The number of hydrazone groups is 1. The van der Waals surface area contributed by atoms with E-state index < -0.39 is 0 Å². The maximum atomic E-state index is 5.40. The van der Waals surface area contributed by atoms with E-state index in [0.717, 1.165) is 6.54 Å². The predicted molar refractivity (Wildman–Crippen MR) is 42.9 cm³/mol. The quantitative estimate of drug-likeness (QED) is 0.599. The van der Waals surface area contributed by atoms with Crippen LogP contribution in [0.4, 0.5) is 0 Å². The zero-order chi connectivity index (χ0) is 7.56. The largest absolute Gasteiger partial charge is 0.329 e. The lowest BCUT2D eigenvalue weighted by Gasteiger charge is -2.21. The Kier molecular flexibility index (Phi) is 2.27. The number of nitrogens with zero attached hydrogens (tertiary/aromatic N) is 2. The lowest BCUT2D eigenvalue weighted by molar-refractivity contribution is 0.227. The van der Waals surface area contributed by atoms with Gasteiger partial charge in [-0.3, -0.25) is 5.01 Å². The van der Waals surface area contributed by atoms with Crippen LogP contribution in [0.2, 0.25) is 0 Å². The molecule has 0 amide bonds. The minimum Gasteiger partial charge on any atom is -0.329 e. The summed E-state index contributed by atoms with van der Waals surface area (Å²) in [5.74, 6) is 0.576. The molecule has 1 unspecified atom stereocenters. The van der Waals surface area contributed by atoms with E-state index in [1.807, 2.05) is 11.2 Å². The average Bonchev–Trinajstić information content (AvgIpc) is 2.20. The van der Waals surface area contributed by atoms with E-state index >= 15 is 0 Å². The third-order valence-electron chi connectivity index (χ3n) is 2.04. The molecule has 10 heavy (non-hydrogen) atoms. The van der Waals surface area contributed by atoms with E-state index in [4.69, 9.17) is 5.73 Å². The van der Waals surface area contributed by atoms with Crippen molar-refractivity contribution in [1.29, 1.82) is 0 Å². The second kappa shape index (κ2) is 3.01. The van der Waals surface area contributed by atoms with Crippen LogP contribution in [0.5, 0.6) is 0 Å². The van der Waals surface area contributed by atoms with Gasteiger partial charge in [-0.05, 0) is 6.92 Å². The zero-order valence-corrected chi connectivity index (χ0v) is 6.62. The Bertz CT molecular complexity index is 133. The molecule has 0 aromatic rings. The normalized spacial score (nSPS) is 31.7. The Balaban J connectivity index is 2.41. The highest BCUT2D eigenvalue weighted by molar-refractivity contribution is 5.62. The van der Waals surface area contributed by atoms with Crippen LogP contribution >= 0.6 is 0 Å². The second-order valence-corrected chi connectivity index (χ2v) is 2.82. The molecule has 0 fully saturated rings. The zero-order valence-electron chi connectivity index (χ0n) is 6.62. The van der Waals surface area contributed by atoms with Gasteiger partial charge >= 0.3 is 0 Å². The van der Waals surface area contributed by atoms with Crippen molar-refractivity contribution < 1.29 is 0 Å². The summed E-state index contributed by atoms with van der Waals surface area (Å²) in [4.78, 5) is 0. The van der Waals surface area contributed by atoms with Crippen LogP contribution in [0.3, 0.4) is 0 Å². The summed E-state index contributed by atoms with van der Waals surface area (Å²) in [6.07, 6.45) is 1.99. The summed E-state index contributed by atoms with van der Waals surface area (Å²) in [5, 5.41) is 6.26. The van der Waals surface area contributed by atoms with Gasteiger partial charge in [-0.2, -0.15) is 5.10 Å². The monoisotopic (exact) mass is 141 g/mol. The summed E-state index contributed by atoms with van der Waals surface area (Å²) in [7, 11) is 0. The van der Waals surface area contributed by atoms with E-state index in [1.54, 1.807) is 0 Å². The van der Waals surface area contributed by atoms with Crippen molar-refractivity contribution in [2.75, 3.05) is 13.1 Å². The summed E-state index contributed by atoms with van der Waals surface area (Å²) >= 11 is 0. The molecule has 0 aromatic carbocycles. The van der Waals surface area contributed by atoms with E-state index in [0.29, 0.717) is 18.5 Å². The molecule has 0 saturated carbocycles. The molecule has 3 nitrogen and oxygen atoms in total. The van der Waals surface area contributed by atoms with Crippen molar-refractivity contribution in [2.45, 2.75) is 19.9 Å². The van der Waals surface area contributed by atoms with Gasteiger partial charge < -0.3 is 5.73 Å². The van der Waals surface area contributed by atoms with Crippen molar-refractivity contribution >= 4 is 6.21 Å². The minimum absolute atomic E-state index is 0.531. The Labute approximate surface area is 61.9 Å². The van der Waals surface area contributed by atoms with Gasteiger partial charge in [0.1, 0.15) is 0 Å². The van der Waals surface area contributed by atoms with E-state index in [2.05, 4.69) is 18.9 Å². The van der Waals surface area contributed by atoms with Crippen LogP contribution in [0.1, 0.15) is 13.8 Å². The summed E-state index contributed by atoms with van der Waals surface area (Å²) in [6.45, 7) is 5.91. The van der Waals surface area contributed by atoms with Crippen LogP contribution in [0.15, 0.2) is 5.10 Å². The maximum absolute atomic E-state index is 5.40. The van der Waals surface area contributed by atoms with Crippen LogP contribution in [-0.2, 0) is 0 Å². The lowest BCUT2D eigenvalue weighted by Crippen LogP contribution is -2.32. The van der Waals surface area contributed by atoms with Crippen molar-refractivity contribution in [2.24, 2.45) is 16.8 Å². The van der Waals surface area contributed by atoms with Crippen molar-refractivity contribution in [3.05, 3.63) is 0 Å². The Morgan fingerprint density at radius 1 is 1.60 bits per heavy atom. The minimum atomic E-state index is 0.531. The summed E-state index contributed by atoms with van der Waals surface area (Å²) in [6, 6.07) is 0.531. The molecule has 0 saturated heterocycles. The third kappa shape index (κ3) is 1.29. The van der Waals surface area contributed by atoms with Gasteiger partial charge in [-0.1, -0.05) is 6.92 Å². The van der Waals surface area contributed by atoms with E-state index in [-0.39, 0.29) is 0 Å². The molecule has 1 aliphatic heterocycles. The molecule has 0 spiro atoms. The van der Waals surface area contributed by atoms with Crippen LogP contribution < -0.4 is 5.73 Å². The lowest BCUT2D eigenvalue weighted by atomic mass is 10.1. The molecular formula is C7H15N3. The van der Waals surface area contributed by atoms with E-state index in [1.165, 1.54) is 0 Å². The van der Waals surface area contributed by atoms with Gasteiger partial charge in [0.25, 0.3) is 0 Å². The molecule has 1 aliphatic rings. The van der Waals surface area contributed by atoms with Gasteiger partial charge in [-0.15, -0.1) is 0 Å². The van der Waals surface area contributed by atoms with Gasteiger partial charge in [0, 0.05) is 25.2 Å². The standard InChI is InChI=1S/C7H15N3/c1-6-5-9-10(4-3-8)7(6)2/h5-7H,3-4,8H2,1-2H3/t6-,7?/m0/s1. The smallest absolute Gasteiger partial charge is 0.0518 e. The molecular weight excluding hydrogens is 126 g/mol. The first kappa shape index (κ1) is 7.54.